The average Bonchev–Trinajstić information content (AvgIpc) is 3.48. The van der Waals surface area contributed by atoms with Crippen LogP contribution in [0.25, 0.3) is 27.4 Å². The number of nitrogens with one attached hydrogen (secondary N) is 1. The van der Waals surface area contributed by atoms with Crippen molar-refractivity contribution in [1.29, 1.82) is 0 Å². The molecule has 0 aliphatic rings. The van der Waals surface area contributed by atoms with E-state index in [0.717, 1.165) is 16.4 Å². The molecule has 0 fully saturated rings. The zero-order valence-corrected chi connectivity index (χ0v) is 16.9. The molecule has 0 amide bonds. The van der Waals surface area contributed by atoms with E-state index in [1.54, 1.807) is 16.0 Å². The molecule has 4 heterocycles. The van der Waals surface area contributed by atoms with Crippen LogP contribution in [0, 0.1) is 0 Å². The molecule has 144 valence electrons. The Balaban J connectivity index is 1.58. The van der Waals surface area contributed by atoms with Crippen molar-refractivity contribution in [3.8, 4) is 16.4 Å². The predicted octanol–water partition coefficient (Wildman–Crippen LogP) is 3.60. The summed E-state index contributed by atoms with van der Waals surface area (Å²) in [5, 5.41) is 16.5. The Bertz CT molecular complexity index is 1340. The van der Waals surface area contributed by atoms with E-state index in [0.29, 0.717) is 27.9 Å². The number of aromatic nitrogens is 7. The summed E-state index contributed by atoms with van der Waals surface area (Å²) in [6, 6.07) is 13.6. The van der Waals surface area contributed by atoms with Gasteiger partial charge in [0.2, 0.25) is 0 Å². The molecular formula is C19H15N7OS2. The highest BCUT2D eigenvalue weighted by Gasteiger charge is 2.17. The molecule has 0 bridgehead atoms. The Kier molecular flexibility index (Phi) is 4.49. The number of H-pyrrole nitrogens is 1. The number of nitrogens with zero attached hydrogens (tertiary/aromatic N) is 6. The topological polar surface area (TPSA) is 94.3 Å². The largest absolute Gasteiger partial charge is 0.301 e. The lowest BCUT2D eigenvalue weighted by Gasteiger charge is -2.06. The molecule has 4 aromatic heterocycles. The van der Waals surface area contributed by atoms with Gasteiger partial charge < -0.3 is 9.55 Å². The quantitative estimate of drug-likeness (QED) is 0.436. The van der Waals surface area contributed by atoms with Crippen molar-refractivity contribution in [2.75, 3.05) is 0 Å². The monoisotopic (exact) mass is 421 g/mol. The number of hydrogen-bond acceptors (Lipinski definition) is 7. The number of aromatic amines is 1. The SMILES string of the molecule is CCn1c(Sc2nc3c(cnn3-c3ccccc3)c(=O)[nH]2)nnc1-c1cccs1. The Labute approximate surface area is 173 Å². The molecule has 5 aromatic rings. The van der Waals surface area contributed by atoms with E-state index in [-0.39, 0.29) is 5.56 Å². The van der Waals surface area contributed by atoms with Crippen LogP contribution in [-0.4, -0.2) is 34.5 Å². The van der Waals surface area contributed by atoms with Crippen LogP contribution in [0.15, 0.2) is 69.1 Å². The first-order valence-corrected chi connectivity index (χ1v) is 10.6. The van der Waals surface area contributed by atoms with Crippen molar-refractivity contribution in [1.82, 2.24) is 34.5 Å². The second-order valence-corrected chi connectivity index (χ2v) is 8.03. The average molecular weight is 422 g/mol. The first-order chi connectivity index (χ1) is 14.2. The second kappa shape index (κ2) is 7.30. The van der Waals surface area contributed by atoms with Crippen LogP contribution in [0.2, 0.25) is 0 Å². The van der Waals surface area contributed by atoms with Gasteiger partial charge in [-0.15, -0.1) is 21.5 Å². The van der Waals surface area contributed by atoms with Gasteiger partial charge in [-0.2, -0.15) is 5.10 Å². The summed E-state index contributed by atoms with van der Waals surface area (Å²) in [6.07, 6.45) is 1.53. The van der Waals surface area contributed by atoms with Gasteiger partial charge in [0.15, 0.2) is 21.8 Å². The second-order valence-electron chi connectivity index (χ2n) is 6.13. The molecule has 0 spiro atoms. The molecule has 0 radical (unpaired) electrons. The summed E-state index contributed by atoms with van der Waals surface area (Å²) >= 11 is 2.89. The zero-order chi connectivity index (χ0) is 19.8. The molecule has 0 saturated heterocycles. The van der Waals surface area contributed by atoms with Crippen molar-refractivity contribution in [2.45, 2.75) is 23.8 Å². The molecule has 5 rings (SSSR count). The Morgan fingerprint density at radius 2 is 2.00 bits per heavy atom. The lowest BCUT2D eigenvalue weighted by molar-refractivity contribution is 0.686. The smallest absolute Gasteiger partial charge is 0.262 e. The van der Waals surface area contributed by atoms with Gasteiger partial charge in [0.05, 0.1) is 16.8 Å². The summed E-state index contributed by atoms with van der Waals surface area (Å²) in [6.45, 7) is 2.74. The van der Waals surface area contributed by atoms with Crippen molar-refractivity contribution in [2.24, 2.45) is 0 Å². The van der Waals surface area contributed by atoms with Gasteiger partial charge in [0.25, 0.3) is 5.56 Å². The van der Waals surface area contributed by atoms with Gasteiger partial charge in [-0.25, -0.2) is 9.67 Å². The van der Waals surface area contributed by atoms with Crippen LogP contribution in [0.4, 0.5) is 0 Å². The van der Waals surface area contributed by atoms with Gasteiger partial charge in [0.1, 0.15) is 5.39 Å². The Morgan fingerprint density at radius 3 is 2.76 bits per heavy atom. The fourth-order valence-corrected chi connectivity index (χ4v) is 4.60. The summed E-state index contributed by atoms with van der Waals surface area (Å²) in [7, 11) is 0. The van der Waals surface area contributed by atoms with Crippen LogP contribution in [0.5, 0.6) is 0 Å². The highest BCUT2D eigenvalue weighted by molar-refractivity contribution is 7.99. The van der Waals surface area contributed by atoms with Crippen LogP contribution < -0.4 is 5.56 Å². The Morgan fingerprint density at radius 1 is 1.14 bits per heavy atom. The highest BCUT2D eigenvalue weighted by Crippen LogP contribution is 2.29. The molecule has 0 aliphatic carbocycles. The molecule has 1 N–H and O–H groups in total. The van der Waals surface area contributed by atoms with E-state index >= 15 is 0 Å². The molecular weight excluding hydrogens is 406 g/mol. The highest BCUT2D eigenvalue weighted by atomic mass is 32.2. The lowest BCUT2D eigenvalue weighted by atomic mass is 10.3. The van der Waals surface area contributed by atoms with Gasteiger partial charge in [0, 0.05) is 6.54 Å². The number of rotatable bonds is 5. The minimum absolute atomic E-state index is 0.235. The van der Waals surface area contributed by atoms with Crippen LogP contribution in [0.1, 0.15) is 6.92 Å². The van der Waals surface area contributed by atoms with Gasteiger partial charge in [-0.05, 0) is 42.3 Å². The summed E-state index contributed by atoms with van der Waals surface area (Å²) in [5.74, 6) is 0.808. The van der Waals surface area contributed by atoms with Gasteiger partial charge in [-0.3, -0.25) is 4.79 Å². The molecule has 0 unspecified atom stereocenters. The van der Waals surface area contributed by atoms with E-state index in [1.165, 1.54) is 18.0 Å². The van der Waals surface area contributed by atoms with Crippen LogP contribution in [0.3, 0.4) is 0 Å². The van der Waals surface area contributed by atoms with Crippen molar-refractivity contribution >= 4 is 34.1 Å². The number of para-hydroxylation sites is 1. The number of thiophene rings is 1. The molecule has 0 saturated carbocycles. The first kappa shape index (κ1) is 17.8. The number of fused-ring (bicyclic) bond motifs is 1. The van der Waals surface area contributed by atoms with E-state index in [9.17, 15) is 4.79 Å². The van der Waals surface area contributed by atoms with Gasteiger partial charge >= 0.3 is 0 Å². The molecule has 1 aromatic carbocycles. The molecule has 0 atom stereocenters. The van der Waals surface area contributed by atoms with Crippen molar-refractivity contribution in [3.63, 3.8) is 0 Å². The number of hydrogen-bond donors (Lipinski definition) is 1. The van der Waals surface area contributed by atoms with E-state index in [1.807, 2.05) is 59.3 Å². The van der Waals surface area contributed by atoms with Crippen molar-refractivity contribution in [3.05, 3.63) is 64.4 Å². The Hall–Kier alpha value is -3.24. The molecule has 8 nitrogen and oxygen atoms in total. The maximum absolute atomic E-state index is 12.6. The standard InChI is InChI=1S/C19H15N7OS2/c1-2-25-16(14-9-6-10-28-14)23-24-19(25)29-18-21-15-13(17(27)22-18)11-20-26(15)12-7-4-3-5-8-12/h3-11H,2H2,1H3,(H,21,22,27). The van der Waals surface area contributed by atoms with Crippen LogP contribution >= 0.6 is 23.1 Å². The van der Waals surface area contributed by atoms with E-state index in [4.69, 9.17) is 0 Å². The number of benzene rings is 1. The first-order valence-electron chi connectivity index (χ1n) is 8.93. The van der Waals surface area contributed by atoms with Crippen LogP contribution in [-0.2, 0) is 6.54 Å². The summed E-state index contributed by atoms with van der Waals surface area (Å²) in [5.41, 5.74) is 1.11. The summed E-state index contributed by atoms with van der Waals surface area (Å²) in [4.78, 5) is 21.1. The third kappa shape index (κ3) is 3.15. The normalized spacial score (nSPS) is 11.3. The fourth-order valence-electron chi connectivity index (χ4n) is 3.03. The molecule has 0 aliphatic heterocycles. The fraction of sp³-hybridized carbons (Fsp3) is 0.105. The third-order valence-corrected chi connectivity index (χ3v) is 6.12. The minimum Gasteiger partial charge on any atom is -0.301 e. The van der Waals surface area contributed by atoms with Gasteiger partial charge in [-0.1, -0.05) is 24.3 Å². The van der Waals surface area contributed by atoms with Crippen molar-refractivity contribution < 1.29 is 0 Å². The lowest BCUT2D eigenvalue weighted by Crippen LogP contribution is -2.10. The predicted molar refractivity (Wildman–Crippen MR) is 113 cm³/mol. The molecule has 10 heteroatoms. The molecule has 29 heavy (non-hydrogen) atoms. The third-order valence-electron chi connectivity index (χ3n) is 4.38. The zero-order valence-electron chi connectivity index (χ0n) is 15.3. The summed E-state index contributed by atoms with van der Waals surface area (Å²) < 4.78 is 3.67. The van der Waals surface area contributed by atoms with E-state index < -0.39 is 0 Å². The minimum atomic E-state index is -0.235. The maximum atomic E-state index is 12.6. The maximum Gasteiger partial charge on any atom is 0.262 e. The van der Waals surface area contributed by atoms with E-state index in [2.05, 4.69) is 25.3 Å².